The molecule has 2 heterocycles. The Morgan fingerprint density at radius 1 is 0.671 bits per heavy atom. The predicted molar refractivity (Wildman–Crippen MR) is 255 cm³/mol. The van der Waals surface area contributed by atoms with Crippen LogP contribution in [0.3, 0.4) is 0 Å². The topological polar surface area (TPSA) is 331 Å². The van der Waals surface area contributed by atoms with Gasteiger partial charge < -0.3 is 53.7 Å². The molecular formula is C43H42Cl4LiN8O14+. The summed E-state index contributed by atoms with van der Waals surface area (Å²) in [5.41, 5.74) is 17.3. The number of methoxy groups -OCH3 is 7. The van der Waals surface area contributed by atoms with Crippen molar-refractivity contribution < 1.29 is 86.6 Å². The van der Waals surface area contributed by atoms with Crippen molar-refractivity contribution in [1.29, 1.82) is 5.53 Å². The molecule has 0 amide bonds. The van der Waals surface area contributed by atoms with Crippen LogP contribution in [0, 0.1) is 5.53 Å². The van der Waals surface area contributed by atoms with Crippen LogP contribution in [0.1, 0.15) is 36.9 Å². The summed E-state index contributed by atoms with van der Waals surface area (Å²) >= 11 is 23.2. The fourth-order valence-electron chi connectivity index (χ4n) is 5.19. The average Bonchev–Trinajstić information content (AvgIpc) is 3.98. The Bertz CT molecular complexity index is 2880. The van der Waals surface area contributed by atoms with E-state index in [9.17, 15) is 24.0 Å². The number of esters is 3. The number of aldehydes is 1. The molecule has 0 spiro atoms. The van der Waals surface area contributed by atoms with E-state index in [-0.39, 0.29) is 42.3 Å². The molecule has 0 aliphatic rings. The molecule has 2 aromatic heterocycles. The van der Waals surface area contributed by atoms with Gasteiger partial charge in [0.25, 0.3) is 0 Å². The van der Waals surface area contributed by atoms with Crippen LogP contribution in [-0.2, 0) is 23.8 Å². The van der Waals surface area contributed by atoms with E-state index in [0.717, 1.165) is 17.2 Å². The molecule has 6 rings (SSSR count). The number of aromatic nitrogens is 2. The maximum absolute atomic E-state index is 11.4. The molecule has 22 nitrogen and oxygen atoms in total. The number of carbonyl (C=O) groups is 5. The fraction of sp³-hybridized carbons (Fsp3) is 0.186. The van der Waals surface area contributed by atoms with Crippen molar-refractivity contribution >= 4 is 104 Å². The number of fused-ring (bicyclic) bond motifs is 2. The Morgan fingerprint density at radius 2 is 1.13 bits per heavy atom. The molecule has 0 saturated carbocycles. The summed E-state index contributed by atoms with van der Waals surface area (Å²) in [6.07, 6.45) is 2.09. The summed E-state index contributed by atoms with van der Waals surface area (Å²) in [6, 6.07) is 19.6. The third kappa shape index (κ3) is 19.4. The van der Waals surface area contributed by atoms with Gasteiger partial charge in [0.2, 0.25) is 11.5 Å². The Balaban J connectivity index is 0.000000863. The molecule has 0 bridgehead atoms. The Labute approximate surface area is 430 Å². The SMILES string of the molecule is COC(=O)/C(=C/c1ccc(Cl)cc1OC)N=[N+]=[N-].COC(=O)CN=[N+]=N.COC(=O)c1cc2c(OC)cc(Cl)cc2[nH]1.COc1cc(Cl)cc2[nH]c(C(=O)O)cc12.COc1cc(Cl)ccc1C=O.[Li+].[OH-]. The quantitative estimate of drug-likeness (QED) is 0.0140. The Kier molecular flexibility index (Phi) is 29.2. The van der Waals surface area contributed by atoms with Crippen molar-refractivity contribution in [2.24, 2.45) is 10.2 Å². The molecule has 0 unspecified atom stereocenters. The molecule has 0 aliphatic heterocycles. The van der Waals surface area contributed by atoms with Crippen molar-refractivity contribution in [2.45, 2.75) is 0 Å². The summed E-state index contributed by atoms with van der Waals surface area (Å²) in [5, 5.41) is 18.7. The smallest absolute Gasteiger partial charge is 0.870 e. The van der Waals surface area contributed by atoms with Crippen LogP contribution >= 0.6 is 46.4 Å². The first-order valence-corrected chi connectivity index (χ1v) is 20.1. The van der Waals surface area contributed by atoms with Crippen LogP contribution in [0.2, 0.25) is 20.1 Å². The molecule has 27 heteroatoms. The molecule has 5 N–H and O–H groups in total. The van der Waals surface area contributed by atoms with Gasteiger partial charge in [-0.1, -0.05) is 51.5 Å². The van der Waals surface area contributed by atoms with E-state index in [2.05, 4.69) is 44.2 Å². The first kappa shape index (κ1) is 62.8. The second-order valence-corrected chi connectivity index (χ2v) is 14.1. The molecule has 366 valence electrons. The largest absolute Gasteiger partial charge is 1.00 e. The Morgan fingerprint density at radius 3 is 1.54 bits per heavy atom. The summed E-state index contributed by atoms with van der Waals surface area (Å²) in [7, 11) is 9.81. The van der Waals surface area contributed by atoms with Crippen LogP contribution < -0.4 is 42.7 Å². The van der Waals surface area contributed by atoms with Gasteiger partial charge in [0.15, 0.2) is 6.29 Å². The van der Waals surface area contributed by atoms with E-state index in [1.165, 1.54) is 54.8 Å². The first-order valence-electron chi connectivity index (χ1n) is 18.6. The summed E-state index contributed by atoms with van der Waals surface area (Å²) in [5.74, 6) is -0.510. The standard InChI is InChI=1S/C11H10ClN3O3.C11H10ClNO3.C10H8ClNO3.C8H7ClO2.C3H6N3O2.Li.H2O/c1-17-10-6-8(12)4-3-7(10)5-9(14-15-13)11(16)18-2;1-15-10-4-6(12)3-8-7(10)5-9(13-8)11(14)16-2;1-15-9-3-5(11)2-7-6(9)4-8(12-7)10(13)14;1-11-8-4-7(9)3-2-6(8)5-10;1-8-3(7)2-5-6-4;;/h3-6H,1-2H3;3-5,13H,1-2H3;2-4,12H,1H3,(H,13,14);2-5H,1H3;4H,2H2,1H3;;1H2/q;;;;2*+1;/p-1/b9-5-;;;;;;. The third-order valence-corrected chi connectivity index (χ3v) is 9.17. The van der Waals surface area contributed by atoms with E-state index >= 15 is 0 Å². The number of carbonyl (C=O) groups excluding carboxylic acids is 4. The van der Waals surface area contributed by atoms with E-state index in [4.69, 9.17) is 81.5 Å². The van der Waals surface area contributed by atoms with Crippen LogP contribution in [-0.4, -0.2) is 107 Å². The molecule has 0 aliphatic carbocycles. The number of hydrogen-bond donors (Lipinski definition) is 4. The van der Waals surface area contributed by atoms with Gasteiger partial charge >= 0.3 is 42.7 Å². The van der Waals surface area contributed by atoms with Crippen LogP contribution in [0.25, 0.3) is 38.3 Å². The van der Waals surface area contributed by atoms with Gasteiger partial charge in [0.05, 0.1) is 66.4 Å². The van der Waals surface area contributed by atoms with Gasteiger partial charge in [-0.15, -0.1) is 0 Å². The normalized spacial score (nSPS) is 9.61. The summed E-state index contributed by atoms with van der Waals surface area (Å²) in [6.45, 7) is -0.167. The van der Waals surface area contributed by atoms with Gasteiger partial charge in [-0.3, -0.25) is 4.79 Å². The zero-order valence-corrected chi connectivity index (χ0v) is 41.4. The van der Waals surface area contributed by atoms with Crippen LogP contribution in [0.15, 0.2) is 88.7 Å². The number of nitrogens with zero attached hydrogens (tertiary/aromatic N) is 5. The van der Waals surface area contributed by atoms with Gasteiger partial charge in [0.1, 0.15) is 50.7 Å². The van der Waals surface area contributed by atoms with E-state index in [0.29, 0.717) is 70.8 Å². The average molecular weight is 1040 g/mol. The number of benzene rings is 4. The number of azide groups is 1. The van der Waals surface area contributed by atoms with Gasteiger partial charge in [0, 0.05) is 41.3 Å². The van der Waals surface area contributed by atoms with Gasteiger partial charge in [-0.2, -0.15) is 0 Å². The van der Waals surface area contributed by atoms with Crippen molar-refractivity contribution in [3.05, 3.63) is 132 Å². The van der Waals surface area contributed by atoms with Crippen LogP contribution in [0.5, 0.6) is 23.0 Å². The molecular weight excluding hydrogens is 1000 g/mol. The van der Waals surface area contributed by atoms with Crippen molar-refractivity contribution in [2.75, 3.05) is 56.3 Å². The number of carboxylic acid groups (broad SMARTS) is 1. The van der Waals surface area contributed by atoms with E-state index < -0.39 is 23.9 Å². The molecule has 0 atom stereocenters. The first-order chi connectivity index (χ1) is 32.5. The number of rotatable bonds is 12. The van der Waals surface area contributed by atoms with Crippen LogP contribution in [0.4, 0.5) is 0 Å². The molecule has 6 aromatic rings. The number of nitrogens with one attached hydrogen (secondary N) is 3. The number of halogens is 4. The maximum Gasteiger partial charge on any atom is 1.00 e. The maximum atomic E-state index is 11.4. The zero-order chi connectivity index (χ0) is 50.9. The second kappa shape index (κ2) is 32.5. The van der Waals surface area contributed by atoms with Gasteiger partial charge in [-0.25, -0.2) is 19.2 Å². The third-order valence-electron chi connectivity index (χ3n) is 8.26. The van der Waals surface area contributed by atoms with Crippen molar-refractivity contribution in [3.63, 3.8) is 0 Å². The predicted octanol–water partition coefficient (Wildman–Crippen LogP) is 7.02. The summed E-state index contributed by atoms with van der Waals surface area (Å²) < 4.78 is 33.6. The molecule has 0 saturated heterocycles. The fourth-order valence-corrected chi connectivity index (χ4v) is 5.93. The Hall–Kier alpha value is -7.21. The number of aromatic amines is 2. The number of H-pyrrole nitrogens is 2. The van der Waals surface area contributed by atoms with Crippen molar-refractivity contribution in [3.8, 4) is 23.0 Å². The molecule has 4 aromatic carbocycles. The van der Waals surface area contributed by atoms with E-state index in [1.807, 2.05) is 0 Å². The molecule has 0 fully saturated rings. The number of carboxylic acids is 1. The minimum Gasteiger partial charge on any atom is -0.870 e. The van der Waals surface area contributed by atoms with Gasteiger partial charge in [-0.05, 0) is 84.4 Å². The van der Waals surface area contributed by atoms with E-state index in [1.54, 1.807) is 73.8 Å². The molecule has 0 radical (unpaired) electrons. The second-order valence-electron chi connectivity index (χ2n) is 12.4. The van der Waals surface area contributed by atoms with Crippen molar-refractivity contribution in [1.82, 2.24) is 14.9 Å². The minimum absolute atomic E-state index is 0. The number of hydrogen-bond acceptors (Lipinski definition) is 16. The number of aromatic carboxylic acids is 1. The monoisotopic (exact) mass is 1040 g/mol. The zero-order valence-electron chi connectivity index (χ0n) is 38.3. The minimum atomic E-state index is -1.01. The molecule has 70 heavy (non-hydrogen) atoms. The summed E-state index contributed by atoms with van der Waals surface area (Å²) in [4.78, 5) is 64.8. The number of ether oxygens (including phenoxy) is 7.